The quantitative estimate of drug-likeness (QED) is 0.899. The van der Waals surface area contributed by atoms with Gasteiger partial charge in [-0.25, -0.2) is 9.97 Å². The van der Waals surface area contributed by atoms with Crippen molar-refractivity contribution in [2.24, 2.45) is 0 Å². The van der Waals surface area contributed by atoms with E-state index in [1.165, 1.54) is 12.0 Å². The molecule has 0 aromatic carbocycles. The second kappa shape index (κ2) is 6.83. The van der Waals surface area contributed by atoms with E-state index in [1.54, 1.807) is 6.20 Å². The van der Waals surface area contributed by atoms with Gasteiger partial charge in [-0.15, -0.1) is 0 Å². The zero-order chi connectivity index (χ0) is 16.4. The van der Waals surface area contributed by atoms with Crippen LogP contribution in [0.4, 0.5) is 5.82 Å². The Kier molecular flexibility index (Phi) is 4.40. The van der Waals surface area contributed by atoms with E-state index in [0.717, 1.165) is 68.6 Å². The summed E-state index contributed by atoms with van der Waals surface area (Å²) in [6.07, 6.45) is 5.81. The summed E-state index contributed by atoms with van der Waals surface area (Å²) in [6, 6.07) is 3.97. The molecule has 0 atom stereocenters. The third-order valence-corrected chi connectivity index (χ3v) is 4.85. The fraction of sp³-hybridized carbons (Fsp3) is 0.500. The van der Waals surface area contributed by atoms with Gasteiger partial charge in [-0.2, -0.15) is 0 Å². The predicted octanol–water partition coefficient (Wildman–Crippen LogP) is 1.33. The third-order valence-electron chi connectivity index (χ3n) is 4.85. The Hall–Kier alpha value is -2.05. The number of hydrogen-bond donors (Lipinski definition) is 1. The molecule has 2 aliphatic heterocycles. The van der Waals surface area contributed by atoms with E-state index in [4.69, 9.17) is 9.97 Å². The molecule has 4 heterocycles. The molecule has 2 aromatic heterocycles. The first kappa shape index (κ1) is 15.5. The van der Waals surface area contributed by atoms with Crippen LogP contribution in [0.25, 0.3) is 11.4 Å². The fourth-order valence-corrected chi connectivity index (χ4v) is 3.48. The van der Waals surface area contributed by atoms with Crippen LogP contribution in [0.5, 0.6) is 0 Å². The van der Waals surface area contributed by atoms with E-state index >= 15 is 0 Å². The summed E-state index contributed by atoms with van der Waals surface area (Å²) < 4.78 is 0. The maximum absolute atomic E-state index is 4.98. The standard InChI is InChI=1S/C18H24N6/c1-23-8-3-9-24(11-10-23)18-15-5-7-20-13-16(15)21-17(22-18)14-4-2-6-19-12-14/h2,4,6,12,20H,3,5,7-11,13H2,1H3. The lowest BCUT2D eigenvalue weighted by Crippen LogP contribution is -2.33. The summed E-state index contributed by atoms with van der Waals surface area (Å²) in [5.74, 6) is 1.92. The van der Waals surface area contributed by atoms with E-state index in [9.17, 15) is 0 Å². The largest absolute Gasteiger partial charge is 0.355 e. The first-order valence-electron chi connectivity index (χ1n) is 8.75. The highest BCUT2D eigenvalue weighted by molar-refractivity contribution is 5.60. The molecule has 4 rings (SSSR count). The van der Waals surface area contributed by atoms with Gasteiger partial charge in [-0.1, -0.05) is 0 Å². The average molecular weight is 324 g/mol. The molecule has 1 saturated heterocycles. The molecule has 1 fully saturated rings. The summed E-state index contributed by atoms with van der Waals surface area (Å²) in [5, 5.41) is 3.44. The van der Waals surface area contributed by atoms with Gasteiger partial charge in [0.1, 0.15) is 5.82 Å². The van der Waals surface area contributed by atoms with Crippen molar-refractivity contribution in [1.82, 2.24) is 25.2 Å². The Labute approximate surface area is 142 Å². The number of rotatable bonds is 2. The number of hydrogen-bond acceptors (Lipinski definition) is 6. The number of anilines is 1. The lowest BCUT2D eigenvalue weighted by Gasteiger charge is -2.28. The SMILES string of the molecule is CN1CCCN(c2nc(-c3cccnc3)nc3c2CCNC3)CC1. The van der Waals surface area contributed by atoms with Crippen molar-refractivity contribution in [3.63, 3.8) is 0 Å². The van der Waals surface area contributed by atoms with Crippen molar-refractivity contribution in [3.8, 4) is 11.4 Å². The minimum absolute atomic E-state index is 0.790. The molecule has 6 heteroatoms. The third kappa shape index (κ3) is 3.12. The first-order valence-corrected chi connectivity index (χ1v) is 8.75. The number of nitrogens with one attached hydrogen (secondary N) is 1. The lowest BCUT2D eigenvalue weighted by atomic mass is 10.1. The van der Waals surface area contributed by atoms with Crippen LogP contribution in [0, 0.1) is 0 Å². The molecule has 126 valence electrons. The zero-order valence-corrected chi connectivity index (χ0v) is 14.2. The number of pyridine rings is 1. The highest BCUT2D eigenvalue weighted by Gasteiger charge is 2.23. The summed E-state index contributed by atoms with van der Waals surface area (Å²) >= 11 is 0. The van der Waals surface area contributed by atoms with Crippen LogP contribution in [-0.4, -0.2) is 59.6 Å². The maximum atomic E-state index is 4.98. The van der Waals surface area contributed by atoms with Crippen molar-refractivity contribution < 1.29 is 0 Å². The molecule has 0 amide bonds. The number of likely N-dealkylation sites (N-methyl/N-ethyl adjacent to an activating group) is 1. The smallest absolute Gasteiger partial charge is 0.163 e. The van der Waals surface area contributed by atoms with E-state index in [-0.39, 0.29) is 0 Å². The molecular weight excluding hydrogens is 300 g/mol. The van der Waals surface area contributed by atoms with Crippen molar-refractivity contribution in [2.45, 2.75) is 19.4 Å². The van der Waals surface area contributed by atoms with Gasteiger partial charge in [-0.3, -0.25) is 4.98 Å². The normalized spacial score (nSPS) is 19.0. The van der Waals surface area contributed by atoms with Gasteiger partial charge in [0.15, 0.2) is 5.82 Å². The average Bonchev–Trinajstić information content (AvgIpc) is 2.86. The Balaban J connectivity index is 1.76. The molecule has 0 spiro atoms. The molecule has 2 aliphatic rings. The second-order valence-electron chi connectivity index (χ2n) is 6.61. The lowest BCUT2D eigenvalue weighted by molar-refractivity contribution is 0.360. The van der Waals surface area contributed by atoms with Gasteiger partial charge in [0.25, 0.3) is 0 Å². The van der Waals surface area contributed by atoms with Gasteiger partial charge in [-0.05, 0) is 45.1 Å². The predicted molar refractivity (Wildman–Crippen MR) is 95.0 cm³/mol. The fourth-order valence-electron chi connectivity index (χ4n) is 3.48. The summed E-state index contributed by atoms with van der Waals surface area (Å²) in [4.78, 5) is 18.9. The summed E-state index contributed by atoms with van der Waals surface area (Å²) in [6.45, 7) is 6.16. The number of nitrogens with zero attached hydrogens (tertiary/aromatic N) is 5. The van der Waals surface area contributed by atoms with Crippen LogP contribution < -0.4 is 10.2 Å². The highest BCUT2D eigenvalue weighted by atomic mass is 15.2. The number of fused-ring (bicyclic) bond motifs is 1. The van der Waals surface area contributed by atoms with Crippen LogP contribution in [0.1, 0.15) is 17.7 Å². The van der Waals surface area contributed by atoms with Crippen molar-refractivity contribution >= 4 is 5.82 Å². The van der Waals surface area contributed by atoms with E-state index in [1.807, 2.05) is 18.3 Å². The van der Waals surface area contributed by atoms with Crippen molar-refractivity contribution in [1.29, 1.82) is 0 Å². The molecule has 0 radical (unpaired) electrons. The summed E-state index contributed by atoms with van der Waals surface area (Å²) in [7, 11) is 2.20. The van der Waals surface area contributed by atoms with Gasteiger partial charge >= 0.3 is 0 Å². The first-order chi connectivity index (χ1) is 11.8. The molecule has 0 aliphatic carbocycles. The van der Waals surface area contributed by atoms with Crippen LogP contribution in [0.15, 0.2) is 24.5 Å². The molecule has 0 saturated carbocycles. The van der Waals surface area contributed by atoms with Crippen molar-refractivity contribution in [2.75, 3.05) is 44.7 Å². The van der Waals surface area contributed by atoms with Crippen molar-refractivity contribution in [3.05, 3.63) is 35.8 Å². The van der Waals surface area contributed by atoms with Gasteiger partial charge in [0, 0.05) is 49.7 Å². The maximum Gasteiger partial charge on any atom is 0.163 e. The Morgan fingerprint density at radius 2 is 2.08 bits per heavy atom. The Morgan fingerprint density at radius 1 is 1.12 bits per heavy atom. The highest BCUT2D eigenvalue weighted by Crippen LogP contribution is 2.27. The molecule has 0 unspecified atom stereocenters. The van der Waals surface area contributed by atoms with E-state index in [2.05, 4.69) is 27.1 Å². The molecule has 24 heavy (non-hydrogen) atoms. The van der Waals surface area contributed by atoms with Crippen LogP contribution in [-0.2, 0) is 13.0 Å². The van der Waals surface area contributed by atoms with E-state index < -0.39 is 0 Å². The minimum atomic E-state index is 0.790. The van der Waals surface area contributed by atoms with Crippen LogP contribution >= 0.6 is 0 Å². The second-order valence-corrected chi connectivity index (χ2v) is 6.61. The summed E-state index contributed by atoms with van der Waals surface area (Å²) in [5.41, 5.74) is 3.45. The molecule has 2 aromatic rings. The Bertz CT molecular complexity index is 702. The van der Waals surface area contributed by atoms with E-state index in [0.29, 0.717) is 0 Å². The van der Waals surface area contributed by atoms with Crippen LogP contribution in [0.3, 0.4) is 0 Å². The topological polar surface area (TPSA) is 57.2 Å². The number of aromatic nitrogens is 3. The van der Waals surface area contributed by atoms with Gasteiger partial charge < -0.3 is 15.1 Å². The monoisotopic (exact) mass is 324 g/mol. The molecule has 0 bridgehead atoms. The molecule has 6 nitrogen and oxygen atoms in total. The Morgan fingerprint density at radius 3 is 2.96 bits per heavy atom. The van der Waals surface area contributed by atoms with Crippen LogP contribution in [0.2, 0.25) is 0 Å². The molecular formula is C18H24N6. The zero-order valence-electron chi connectivity index (χ0n) is 14.2. The van der Waals surface area contributed by atoms with Gasteiger partial charge in [0.05, 0.1) is 5.69 Å². The minimum Gasteiger partial charge on any atom is -0.355 e. The van der Waals surface area contributed by atoms with Gasteiger partial charge in [0.2, 0.25) is 0 Å². The molecule has 1 N–H and O–H groups in total.